The van der Waals surface area contributed by atoms with Crippen molar-refractivity contribution in [3.63, 3.8) is 0 Å². The quantitative estimate of drug-likeness (QED) is 0.669. The third-order valence-corrected chi connectivity index (χ3v) is 3.41. The molecule has 0 aliphatic carbocycles. The van der Waals surface area contributed by atoms with E-state index in [0.717, 1.165) is 11.3 Å². The van der Waals surface area contributed by atoms with Gasteiger partial charge in [-0.2, -0.15) is 4.98 Å². The van der Waals surface area contributed by atoms with Crippen molar-refractivity contribution >= 4 is 23.4 Å². The van der Waals surface area contributed by atoms with Gasteiger partial charge in [-0.05, 0) is 42.0 Å². The van der Waals surface area contributed by atoms with Crippen molar-refractivity contribution in [1.29, 1.82) is 0 Å². The van der Waals surface area contributed by atoms with E-state index in [2.05, 4.69) is 30.3 Å². The number of anilines is 3. The molecule has 126 valence electrons. The average Bonchev–Trinajstić information content (AvgIpc) is 2.67. The van der Waals surface area contributed by atoms with Crippen LogP contribution >= 0.6 is 0 Å². The van der Waals surface area contributed by atoms with Gasteiger partial charge >= 0.3 is 5.97 Å². The van der Waals surface area contributed by atoms with Gasteiger partial charge in [-0.3, -0.25) is 4.98 Å². The van der Waals surface area contributed by atoms with Crippen LogP contribution in [0.4, 0.5) is 17.5 Å². The first-order valence-corrected chi connectivity index (χ1v) is 7.66. The van der Waals surface area contributed by atoms with Crippen molar-refractivity contribution in [2.24, 2.45) is 0 Å². The Morgan fingerprint density at radius 2 is 1.96 bits per heavy atom. The van der Waals surface area contributed by atoms with Crippen LogP contribution in [0.2, 0.25) is 0 Å². The molecule has 7 heteroatoms. The molecule has 0 atom stereocenters. The van der Waals surface area contributed by atoms with E-state index >= 15 is 0 Å². The van der Waals surface area contributed by atoms with Gasteiger partial charge in [0.15, 0.2) is 0 Å². The highest BCUT2D eigenvalue weighted by molar-refractivity contribution is 5.89. The number of rotatable bonds is 6. The minimum absolute atomic E-state index is 0.371. The van der Waals surface area contributed by atoms with Crippen LogP contribution in [0, 0.1) is 0 Å². The van der Waals surface area contributed by atoms with E-state index in [-0.39, 0.29) is 5.97 Å². The molecule has 2 N–H and O–H groups in total. The Morgan fingerprint density at radius 3 is 2.68 bits per heavy atom. The first-order chi connectivity index (χ1) is 12.2. The number of ether oxygens (including phenoxy) is 1. The number of carbonyl (C=O) groups excluding carboxylic acids is 1. The highest BCUT2D eigenvalue weighted by Gasteiger charge is 2.05. The fraction of sp³-hybridized carbons (Fsp3) is 0.111. The van der Waals surface area contributed by atoms with Crippen molar-refractivity contribution in [3.05, 3.63) is 72.2 Å². The van der Waals surface area contributed by atoms with Crippen molar-refractivity contribution in [1.82, 2.24) is 15.0 Å². The summed E-state index contributed by atoms with van der Waals surface area (Å²) < 4.78 is 4.68. The Hall–Kier alpha value is -3.48. The van der Waals surface area contributed by atoms with Crippen molar-refractivity contribution < 1.29 is 9.53 Å². The van der Waals surface area contributed by atoms with Gasteiger partial charge in [0.05, 0.1) is 12.7 Å². The summed E-state index contributed by atoms with van der Waals surface area (Å²) in [5, 5.41) is 6.33. The molecule has 2 aromatic heterocycles. The van der Waals surface area contributed by atoms with E-state index in [1.807, 2.05) is 12.1 Å². The SMILES string of the molecule is COC(=O)c1ccc(Nc2nccc(NCc3cccnc3)n2)cc1. The maximum absolute atomic E-state index is 11.4. The minimum Gasteiger partial charge on any atom is -0.465 e. The molecule has 0 amide bonds. The molecule has 0 bridgehead atoms. The molecule has 0 saturated heterocycles. The summed E-state index contributed by atoms with van der Waals surface area (Å²) in [5.74, 6) is 0.791. The van der Waals surface area contributed by atoms with Crippen LogP contribution < -0.4 is 10.6 Å². The minimum atomic E-state index is -0.371. The Bertz CT molecular complexity index is 838. The van der Waals surface area contributed by atoms with E-state index in [1.165, 1.54) is 7.11 Å². The van der Waals surface area contributed by atoms with Crippen molar-refractivity contribution in [2.45, 2.75) is 6.54 Å². The molecule has 2 heterocycles. The average molecular weight is 335 g/mol. The Morgan fingerprint density at radius 1 is 1.12 bits per heavy atom. The van der Waals surface area contributed by atoms with Crippen molar-refractivity contribution in [2.75, 3.05) is 17.7 Å². The second kappa shape index (κ2) is 7.87. The number of aromatic nitrogens is 3. The Labute approximate surface area is 145 Å². The van der Waals surface area contributed by atoms with Crippen LogP contribution in [-0.2, 0) is 11.3 Å². The van der Waals surface area contributed by atoms with Crippen LogP contribution in [0.1, 0.15) is 15.9 Å². The summed E-state index contributed by atoms with van der Waals surface area (Å²) in [4.78, 5) is 24.1. The third-order valence-electron chi connectivity index (χ3n) is 3.41. The lowest BCUT2D eigenvalue weighted by atomic mass is 10.2. The zero-order valence-electron chi connectivity index (χ0n) is 13.6. The third kappa shape index (κ3) is 4.51. The highest BCUT2D eigenvalue weighted by Crippen LogP contribution is 2.16. The van der Waals surface area contributed by atoms with Crippen LogP contribution in [-0.4, -0.2) is 28.0 Å². The van der Waals surface area contributed by atoms with Crippen LogP contribution in [0.5, 0.6) is 0 Å². The zero-order valence-corrected chi connectivity index (χ0v) is 13.6. The number of pyridine rings is 1. The number of methoxy groups -OCH3 is 1. The lowest BCUT2D eigenvalue weighted by Crippen LogP contribution is -2.05. The second-order valence-corrected chi connectivity index (χ2v) is 5.17. The lowest BCUT2D eigenvalue weighted by Gasteiger charge is -2.09. The number of benzene rings is 1. The Kier molecular flexibility index (Phi) is 5.16. The number of hydrogen-bond donors (Lipinski definition) is 2. The predicted octanol–water partition coefficient (Wildman–Crippen LogP) is 3.01. The number of esters is 1. The molecule has 1 aromatic carbocycles. The topological polar surface area (TPSA) is 89.0 Å². The molecule has 0 unspecified atom stereocenters. The second-order valence-electron chi connectivity index (χ2n) is 5.17. The number of nitrogens with zero attached hydrogens (tertiary/aromatic N) is 3. The molecule has 0 radical (unpaired) electrons. The van der Waals surface area contributed by atoms with Crippen LogP contribution in [0.25, 0.3) is 0 Å². The molecule has 3 aromatic rings. The van der Waals surface area contributed by atoms with Gasteiger partial charge in [-0.25, -0.2) is 9.78 Å². The van der Waals surface area contributed by atoms with Crippen molar-refractivity contribution in [3.8, 4) is 0 Å². The maximum atomic E-state index is 11.4. The van der Waals surface area contributed by atoms with E-state index in [0.29, 0.717) is 23.9 Å². The van der Waals surface area contributed by atoms with Gasteiger partial charge in [-0.15, -0.1) is 0 Å². The maximum Gasteiger partial charge on any atom is 0.337 e. The van der Waals surface area contributed by atoms with E-state index < -0.39 is 0 Å². The first-order valence-electron chi connectivity index (χ1n) is 7.66. The molecule has 0 spiro atoms. The normalized spacial score (nSPS) is 10.1. The smallest absolute Gasteiger partial charge is 0.337 e. The summed E-state index contributed by atoms with van der Waals surface area (Å²) in [5.41, 5.74) is 2.33. The fourth-order valence-corrected chi connectivity index (χ4v) is 2.15. The van der Waals surface area contributed by atoms with Gasteiger partial charge in [-0.1, -0.05) is 6.07 Å². The Balaban J connectivity index is 1.64. The summed E-state index contributed by atoms with van der Waals surface area (Å²) in [6.07, 6.45) is 5.21. The molecular formula is C18H17N5O2. The standard InChI is InChI=1S/C18H17N5O2/c1-25-17(24)14-4-6-15(7-5-14)22-18-20-10-8-16(23-18)21-12-13-3-2-9-19-11-13/h2-11H,12H2,1H3,(H2,20,21,22,23). The van der Waals surface area contributed by atoms with Gasteiger partial charge in [0.25, 0.3) is 0 Å². The van der Waals surface area contributed by atoms with Crippen LogP contribution in [0.3, 0.4) is 0 Å². The number of nitrogens with one attached hydrogen (secondary N) is 2. The summed E-state index contributed by atoms with van der Waals surface area (Å²) in [6.45, 7) is 0.623. The van der Waals surface area contributed by atoms with Gasteiger partial charge in [0, 0.05) is 30.8 Å². The van der Waals surface area contributed by atoms with E-state index in [1.54, 1.807) is 48.9 Å². The first kappa shape index (κ1) is 16.4. The lowest BCUT2D eigenvalue weighted by molar-refractivity contribution is 0.0601. The molecule has 0 aliphatic heterocycles. The summed E-state index contributed by atoms with van der Waals surface area (Å²) >= 11 is 0. The zero-order chi connectivity index (χ0) is 17.5. The molecule has 7 nitrogen and oxygen atoms in total. The molecule has 25 heavy (non-hydrogen) atoms. The molecule has 0 fully saturated rings. The predicted molar refractivity (Wildman–Crippen MR) is 94.7 cm³/mol. The highest BCUT2D eigenvalue weighted by atomic mass is 16.5. The largest absolute Gasteiger partial charge is 0.465 e. The van der Waals surface area contributed by atoms with Crippen LogP contribution in [0.15, 0.2) is 61.1 Å². The monoisotopic (exact) mass is 335 g/mol. The molecule has 3 rings (SSSR count). The summed E-state index contributed by atoms with van der Waals surface area (Å²) in [7, 11) is 1.35. The van der Waals surface area contributed by atoms with E-state index in [9.17, 15) is 4.79 Å². The number of carbonyl (C=O) groups is 1. The summed E-state index contributed by atoms with van der Waals surface area (Å²) in [6, 6.07) is 12.6. The molecule has 0 aliphatic rings. The van der Waals surface area contributed by atoms with Gasteiger partial charge in [0.1, 0.15) is 5.82 Å². The number of hydrogen-bond acceptors (Lipinski definition) is 7. The van der Waals surface area contributed by atoms with Gasteiger partial charge < -0.3 is 15.4 Å². The fourth-order valence-electron chi connectivity index (χ4n) is 2.15. The van der Waals surface area contributed by atoms with E-state index in [4.69, 9.17) is 0 Å². The molecule has 0 saturated carbocycles. The molecular weight excluding hydrogens is 318 g/mol. The van der Waals surface area contributed by atoms with Gasteiger partial charge in [0.2, 0.25) is 5.95 Å².